The summed E-state index contributed by atoms with van der Waals surface area (Å²) in [7, 11) is -2.26. The van der Waals surface area contributed by atoms with Gasteiger partial charge in [0, 0.05) is 18.7 Å². The monoisotopic (exact) mass is 386 g/mol. The van der Waals surface area contributed by atoms with E-state index < -0.39 is 22.0 Å². The van der Waals surface area contributed by atoms with Crippen LogP contribution in [0.1, 0.15) is 53.1 Å². The summed E-state index contributed by atoms with van der Waals surface area (Å²) >= 11 is 0. The Kier molecular flexibility index (Phi) is 4.82. The molecule has 142 valence electrons. The summed E-state index contributed by atoms with van der Waals surface area (Å²) in [5.41, 5.74) is 1.32. The quantitative estimate of drug-likeness (QED) is 0.809. The van der Waals surface area contributed by atoms with Crippen LogP contribution < -0.4 is 0 Å². The van der Waals surface area contributed by atoms with Crippen molar-refractivity contribution < 1.29 is 18.0 Å². The first kappa shape index (κ1) is 19.1. The van der Waals surface area contributed by atoms with Crippen LogP contribution in [0.3, 0.4) is 0 Å². The first-order valence-electron chi connectivity index (χ1n) is 8.71. The number of rotatable bonds is 4. The van der Waals surface area contributed by atoms with Crippen molar-refractivity contribution in [3.63, 3.8) is 0 Å². The molecule has 0 saturated heterocycles. The fourth-order valence-corrected chi connectivity index (χ4v) is 5.02. The largest absolute Gasteiger partial charge is 0.335 e. The molecule has 1 aliphatic heterocycles. The third kappa shape index (κ3) is 3.12. The van der Waals surface area contributed by atoms with Crippen LogP contribution in [-0.4, -0.2) is 42.5 Å². The van der Waals surface area contributed by atoms with Crippen molar-refractivity contribution in [2.75, 3.05) is 7.05 Å². The van der Waals surface area contributed by atoms with Gasteiger partial charge in [-0.3, -0.25) is 9.59 Å². The molecule has 6 nitrogen and oxygen atoms in total. The van der Waals surface area contributed by atoms with Crippen LogP contribution >= 0.6 is 0 Å². The molecular weight excluding hydrogens is 364 g/mol. The molecule has 0 saturated carbocycles. The van der Waals surface area contributed by atoms with Crippen molar-refractivity contribution >= 4 is 21.8 Å². The van der Waals surface area contributed by atoms with Crippen LogP contribution in [-0.2, 0) is 10.0 Å². The Morgan fingerprint density at radius 2 is 1.67 bits per heavy atom. The lowest BCUT2D eigenvalue weighted by Gasteiger charge is -2.25. The van der Waals surface area contributed by atoms with Crippen molar-refractivity contribution in [1.29, 1.82) is 0 Å². The molecule has 2 amide bonds. The minimum atomic E-state index is -3.94. The zero-order valence-corrected chi connectivity index (χ0v) is 16.5. The van der Waals surface area contributed by atoms with Crippen molar-refractivity contribution in [2.24, 2.45) is 0 Å². The second kappa shape index (κ2) is 6.81. The van der Waals surface area contributed by atoms with Gasteiger partial charge < -0.3 is 4.90 Å². The Labute approximate surface area is 159 Å². The van der Waals surface area contributed by atoms with Gasteiger partial charge in [0.1, 0.15) is 4.90 Å². The lowest BCUT2D eigenvalue weighted by Crippen LogP contribution is -2.36. The van der Waals surface area contributed by atoms with Crippen LogP contribution in [0.2, 0.25) is 0 Å². The average molecular weight is 386 g/mol. The summed E-state index contributed by atoms with van der Waals surface area (Å²) in [6, 6.07) is 13.1. The molecule has 1 heterocycles. The zero-order chi connectivity index (χ0) is 19.9. The summed E-state index contributed by atoms with van der Waals surface area (Å²) in [4.78, 5) is 26.8. The van der Waals surface area contributed by atoms with Crippen LogP contribution in [0.4, 0.5) is 0 Å². The summed E-state index contributed by atoms with van der Waals surface area (Å²) < 4.78 is 26.3. The highest BCUT2D eigenvalue weighted by Gasteiger charge is 2.43. The van der Waals surface area contributed by atoms with Crippen molar-refractivity contribution in [1.82, 2.24) is 9.21 Å². The molecule has 0 aliphatic carbocycles. The third-order valence-corrected chi connectivity index (χ3v) is 6.85. The minimum Gasteiger partial charge on any atom is -0.335 e. The number of benzene rings is 2. The molecule has 7 heteroatoms. The maximum atomic E-state index is 12.9. The van der Waals surface area contributed by atoms with E-state index in [-0.39, 0.29) is 28.0 Å². The summed E-state index contributed by atoms with van der Waals surface area (Å²) in [6.07, 6.45) is 0. The molecule has 27 heavy (non-hydrogen) atoms. The number of hydrogen-bond donors (Lipinski definition) is 0. The predicted octanol–water partition coefficient (Wildman–Crippen LogP) is 3.07. The van der Waals surface area contributed by atoms with Crippen LogP contribution in [0.25, 0.3) is 0 Å². The number of carbonyl (C=O) groups excluding carboxylic acids is 2. The normalized spacial score (nSPS) is 16.3. The van der Waals surface area contributed by atoms with E-state index in [4.69, 9.17) is 0 Å². The van der Waals surface area contributed by atoms with Gasteiger partial charge in [-0.2, -0.15) is 0 Å². The standard InChI is InChI=1S/C20H22N2O4S/c1-13(2)22-20(24)17-11-10-16(12-18(17)27(22,25)26)19(23)21(4)14(3)15-8-6-5-7-9-15/h5-14H,1-4H3. The van der Waals surface area contributed by atoms with Crippen molar-refractivity contribution in [2.45, 2.75) is 37.8 Å². The Hall–Kier alpha value is -2.67. The smallest absolute Gasteiger partial charge is 0.269 e. The molecule has 1 unspecified atom stereocenters. The van der Waals surface area contributed by atoms with Crippen molar-refractivity contribution in [3.05, 3.63) is 65.2 Å². The van der Waals surface area contributed by atoms with Gasteiger partial charge in [0.15, 0.2) is 0 Å². The maximum absolute atomic E-state index is 12.9. The first-order chi connectivity index (χ1) is 12.7. The van der Waals surface area contributed by atoms with Gasteiger partial charge in [-0.25, -0.2) is 12.7 Å². The Morgan fingerprint density at radius 1 is 1.04 bits per heavy atom. The molecule has 2 aromatic rings. The fraction of sp³-hybridized carbons (Fsp3) is 0.300. The molecule has 3 rings (SSSR count). The summed E-state index contributed by atoms with van der Waals surface area (Å²) in [5, 5.41) is 0. The van der Waals surface area contributed by atoms with Crippen LogP contribution in [0, 0.1) is 0 Å². The fourth-order valence-electron chi connectivity index (χ4n) is 3.23. The lowest BCUT2D eigenvalue weighted by atomic mass is 10.1. The predicted molar refractivity (Wildman–Crippen MR) is 102 cm³/mol. The second-order valence-electron chi connectivity index (χ2n) is 6.91. The molecule has 0 aromatic heterocycles. The highest BCUT2D eigenvalue weighted by molar-refractivity contribution is 7.90. The Balaban J connectivity index is 1.96. The Bertz CT molecular complexity index is 1000. The van der Waals surface area contributed by atoms with E-state index in [2.05, 4.69) is 0 Å². The van der Waals surface area contributed by atoms with Gasteiger partial charge in [0.05, 0.1) is 11.6 Å². The van der Waals surface area contributed by atoms with Gasteiger partial charge in [0.25, 0.3) is 21.8 Å². The zero-order valence-electron chi connectivity index (χ0n) is 15.7. The topological polar surface area (TPSA) is 74.8 Å². The van der Waals surface area contributed by atoms with E-state index in [1.54, 1.807) is 25.8 Å². The SMILES string of the molecule is CC(c1ccccc1)N(C)C(=O)c1ccc2c(c1)S(=O)(=O)N(C(C)C)C2=O. The molecule has 2 aromatic carbocycles. The van der Waals surface area contributed by atoms with E-state index in [1.165, 1.54) is 18.2 Å². The van der Waals surface area contributed by atoms with Crippen LogP contribution in [0.15, 0.2) is 53.4 Å². The van der Waals surface area contributed by atoms with E-state index >= 15 is 0 Å². The number of nitrogens with zero attached hydrogens (tertiary/aromatic N) is 2. The van der Waals surface area contributed by atoms with E-state index in [0.29, 0.717) is 0 Å². The molecule has 1 atom stereocenters. The number of hydrogen-bond acceptors (Lipinski definition) is 4. The number of amides is 2. The van der Waals surface area contributed by atoms with E-state index in [9.17, 15) is 18.0 Å². The van der Waals surface area contributed by atoms with Gasteiger partial charge in [-0.15, -0.1) is 0 Å². The minimum absolute atomic E-state index is 0.104. The van der Waals surface area contributed by atoms with Crippen LogP contribution in [0.5, 0.6) is 0 Å². The molecule has 1 aliphatic rings. The Morgan fingerprint density at radius 3 is 2.26 bits per heavy atom. The second-order valence-corrected chi connectivity index (χ2v) is 8.70. The molecule has 0 radical (unpaired) electrons. The summed E-state index contributed by atoms with van der Waals surface area (Å²) in [5.74, 6) is -0.857. The number of fused-ring (bicyclic) bond motifs is 1. The van der Waals surface area contributed by atoms with E-state index in [1.807, 2.05) is 37.3 Å². The first-order valence-corrected chi connectivity index (χ1v) is 10.1. The molecule has 0 spiro atoms. The van der Waals surface area contributed by atoms with Gasteiger partial charge in [0.2, 0.25) is 0 Å². The number of sulfonamides is 1. The molecule has 0 bridgehead atoms. The van der Waals surface area contributed by atoms with Gasteiger partial charge >= 0.3 is 0 Å². The van der Waals surface area contributed by atoms with Crippen molar-refractivity contribution in [3.8, 4) is 0 Å². The molecule has 0 fully saturated rings. The third-order valence-electron chi connectivity index (χ3n) is 4.85. The molecule has 0 N–H and O–H groups in total. The molecular formula is C20H22N2O4S. The van der Waals surface area contributed by atoms with E-state index in [0.717, 1.165) is 9.87 Å². The maximum Gasteiger partial charge on any atom is 0.269 e. The highest BCUT2D eigenvalue weighted by atomic mass is 32.2. The average Bonchev–Trinajstić information content (AvgIpc) is 2.86. The van der Waals surface area contributed by atoms with Gasteiger partial charge in [-0.05, 0) is 44.5 Å². The number of carbonyl (C=O) groups is 2. The summed E-state index contributed by atoms with van der Waals surface area (Å²) in [6.45, 7) is 5.19. The lowest BCUT2D eigenvalue weighted by molar-refractivity contribution is 0.0741. The van der Waals surface area contributed by atoms with Gasteiger partial charge in [-0.1, -0.05) is 30.3 Å². The highest BCUT2D eigenvalue weighted by Crippen LogP contribution is 2.33.